The van der Waals surface area contributed by atoms with Gasteiger partial charge in [-0.2, -0.15) is 4.98 Å². The SMILES string of the molecule is CCCCNc1ccnc(N2CCN(c3ccccc3F)CC2)n1. The lowest BCUT2D eigenvalue weighted by Gasteiger charge is -2.36. The smallest absolute Gasteiger partial charge is 0.227 e. The average Bonchev–Trinajstić information content (AvgIpc) is 2.63. The highest BCUT2D eigenvalue weighted by atomic mass is 19.1. The van der Waals surface area contributed by atoms with Crippen LogP contribution < -0.4 is 15.1 Å². The molecule has 1 aromatic carbocycles. The Balaban J connectivity index is 1.60. The number of anilines is 3. The molecule has 0 atom stereocenters. The highest BCUT2D eigenvalue weighted by Crippen LogP contribution is 2.21. The number of unbranched alkanes of at least 4 members (excludes halogenated alkanes) is 1. The number of nitrogens with one attached hydrogen (secondary N) is 1. The van der Waals surface area contributed by atoms with Gasteiger partial charge in [-0.3, -0.25) is 0 Å². The molecule has 0 saturated carbocycles. The first-order valence-corrected chi connectivity index (χ1v) is 8.59. The number of benzene rings is 1. The predicted molar refractivity (Wildman–Crippen MR) is 96.3 cm³/mol. The Morgan fingerprint density at radius 3 is 2.58 bits per heavy atom. The Bertz CT molecular complexity index is 655. The van der Waals surface area contributed by atoms with Crippen LogP contribution in [0.4, 0.5) is 21.8 Å². The van der Waals surface area contributed by atoms with Crippen LogP contribution in [0.1, 0.15) is 19.8 Å². The molecule has 6 heteroatoms. The summed E-state index contributed by atoms with van der Waals surface area (Å²) in [6.07, 6.45) is 4.07. The number of nitrogens with zero attached hydrogens (tertiary/aromatic N) is 4. The zero-order valence-electron chi connectivity index (χ0n) is 14.1. The van der Waals surface area contributed by atoms with Crippen LogP contribution in [0.25, 0.3) is 0 Å². The van der Waals surface area contributed by atoms with E-state index in [-0.39, 0.29) is 5.82 Å². The van der Waals surface area contributed by atoms with Gasteiger partial charge in [0.05, 0.1) is 5.69 Å². The normalized spacial score (nSPS) is 14.8. The minimum absolute atomic E-state index is 0.163. The van der Waals surface area contributed by atoms with Gasteiger partial charge in [0.15, 0.2) is 0 Å². The maximum Gasteiger partial charge on any atom is 0.227 e. The molecule has 1 aliphatic heterocycles. The molecule has 1 fully saturated rings. The lowest BCUT2D eigenvalue weighted by molar-refractivity contribution is 0.594. The van der Waals surface area contributed by atoms with E-state index in [1.807, 2.05) is 18.2 Å². The second-order valence-corrected chi connectivity index (χ2v) is 5.95. The highest BCUT2D eigenvalue weighted by molar-refractivity contribution is 5.50. The predicted octanol–water partition coefficient (Wildman–Crippen LogP) is 3.15. The van der Waals surface area contributed by atoms with Crippen LogP contribution in [-0.4, -0.2) is 42.7 Å². The summed E-state index contributed by atoms with van der Waals surface area (Å²) in [7, 11) is 0. The van der Waals surface area contributed by atoms with Crippen molar-refractivity contribution < 1.29 is 4.39 Å². The van der Waals surface area contributed by atoms with E-state index in [1.54, 1.807) is 12.3 Å². The topological polar surface area (TPSA) is 44.3 Å². The molecule has 1 aromatic heterocycles. The third-order valence-corrected chi connectivity index (χ3v) is 4.23. The molecule has 5 nitrogen and oxygen atoms in total. The van der Waals surface area contributed by atoms with E-state index >= 15 is 0 Å². The van der Waals surface area contributed by atoms with Crippen molar-refractivity contribution in [3.05, 3.63) is 42.3 Å². The van der Waals surface area contributed by atoms with Crippen molar-refractivity contribution in [1.82, 2.24) is 9.97 Å². The number of hydrogen-bond acceptors (Lipinski definition) is 5. The van der Waals surface area contributed by atoms with Crippen LogP contribution >= 0.6 is 0 Å². The van der Waals surface area contributed by atoms with Crippen LogP contribution in [0.5, 0.6) is 0 Å². The molecule has 1 N–H and O–H groups in total. The van der Waals surface area contributed by atoms with Gasteiger partial charge in [-0.1, -0.05) is 25.5 Å². The van der Waals surface area contributed by atoms with Gasteiger partial charge in [-0.15, -0.1) is 0 Å². The summed E-state index contributed by atoms with van der Waals surface area (Å²) < 4.78 is 13.9. The molecule has 2 heterocycles. The summed E-state index contributed by atoms with van der Waals surface area (Å²) in [5.74, 6) is 1.44. The van der Waals surface area contributed by atoms with Crippen LogP contribution in [0, 0.1) is 5.82 Å². The fourth-order valence-electron chi connectivity index (χ4n) is 2.85. The Morgan fingerprint density at radius 1 is 1.08 bits per heavy atom. The molecular formula is C18H24FN5. The number of para-hydroxylation sites is 1. The summed E-state index contributed by atoms with van der Waals surface area (Å²) in [4.78, 5) is 13.2. The summed E-state index contributed by atoms with van der Waals surface area (Å²) in [6, 6.07) is 8.84. The first-order chi connectivity index (χ1) is 11.8. The summed E-state index contributed by atoms with van der Waals surface area (Å²) in [5.41, 5.74) is 0.674. The minimum Gasteiger partial charge on any atom is -0.370 e. The molecule has 1 aliphatic rings. The molecule has 128 valence electrons. The first-order valence-electron chi connectivity index (χ1n) is 8.59. The first kappa shape index (κ1) is 16.5. The van der Waals surface area contributed by atoms with Gasteiger partial charge in [0.1, 0.15) is 11.6 Å². The largest absolute Gasteiger partial charge is 0.370 e. The van der Waals surface area contributed by atoms with Gasteiger partial charge in [0.25, 0.3) is 0 Å². The molecule has 24 heavy (non-hydrogen) atoms. The zero-order chi connectivity index (χ0) is 16.8. The van der Waals surface area contributed by atoms with Gasteiger partial charge in [0, 0.05) is 38.9 Å². The van der Waals surface area contributed by atoms with Crippen molar-refractivity contribution in [2.24, 2.45) is 0 Å². The molecule has 0 amide bonds. The quantitative estimate of drug-likeness (QED) is 0.825. The van der Waals surface area contributed by atoms with Gasteiger partial charge in [-0.05, 0) is 24.6 Å². The maximum atomic E-state index is 13.9. The Hall–Kier alpha value is -2.37. The van der Waals surface area contributed by atoms with Crippen molar-refractivity contribution in [2.75, 3.05) is 47.8 Å². The Morgan fingerprint density at radius 2 is 1.83 bits per heavy atom. The van der Waals surface area contributed by atoms with Crippen LogP contribution in [0.3, 0.4) is 0 Å². The number of rotatable bonds is 6. The second-order valence-electron chi connectivity index (χ2n) is 5.95. The summed E-state index contributed by atoms with van der Waals surface area (Å²) in [6.45, 7) is 6.19. The van der Waals surface area contributed by atoms with E-state index in [4.69, 9.17) is 0 Å². The van der Waals surface area contributed by atoms with Gasteiger partial charge in [-0.25, -0.2) is 9.37 Å². The number of hydrogen-bond donors (Lipinski definition) is 1. The number of aromatic nitrogens is 2. The highest BCUT2D eigenvalue weighted by Gasteiger charge is 2.21. The zero-order valence-corrected chi connectivity index (χ0v) is 14.1. The van der Waals surface area contributed by atoms with Gasteiger partial charge >= 0.3 is 0 Å². The molecule has 0 spiro atoms. The number of piperazine rings is 1. The van der Waals surface area contributed by atoms with Crippen molar-refractivity contribution in [2.45, 2.75) is 19.8 Å². The van der Waals surface area contributed by atoms with E-state index in [9.17, 15) is 4.39 Å². The van der Waals surface area contributed by atoms with Crippen molar-refractivity contribution in [3.8, 4) is 0 Å². The van der Waals surface area contributed by atoms with Crippen LogP contribution in [-0.2, 0) is 0 Å². The Kier molecular flexibility index (Phi) is 5.46. The average molecular weight is 329 g/mol. The summed E-state index contributed by atoms with van der Waals surface area (Å²) >= 11 is 0. The molecule has 0 bridgehead atoms. The minimum atomic E-state index is -0.163. The lowest BCUT2D eigenvalue weighted by atomic mass is 10.2. The molecule has 0 radical (unpaired) electrons. The van der Waals surface area contributed by atoms with E-state index in [0.717, 1.165) is 57.3 Å². The van der Waals surface area contributed by atoms with E-state index < -0.39 is 0 Å². The molecule has 0 unspecified atom stereocenters. The molecule has 0 aliphatic carbocycles. The fraction of sp³-hybridized carbons (Fsp3) is 0.444. The molecular weight excluding hydrogens is 305 g/mol. The van der Waals surface area contributed by atoms with Crippen LogP contribution in [0.2, 0.25) is 0 Å². The third kappa shape index (κ3) is 3.93. The third-order valence-electron chi connectivity index (χ3n) is 4.23. The van der Waals surface area contributed by atoms with Crippen molar-refractivity contribution in [1.29, 1.82) is 0 Å². The second kappa shape index (κ2) is 7.95. The van der Waals surface area contributed by atoms with Crippen LogP contribution in [0.15, 0.2) is 36.5 Å². The number of halogens is 1. The van der Waals surface area contributed by atoms with Gasteiger partial charge < -0.3 is 15.1 Å². The molecule has 3 rings (SSSR count). The van der Waals surface area contributed by atoms with E-state index in [2.05, 4.69) is 32.0 Å². The van der Waals surface area contributed by atoms with Crippen molar-refractivity contribution in [3.63, 3.8) is 0 Å². The Labute approximate surface area is 142 Å². The monoisotopic (exact) mass is 329 g/mol. The van der Waals surface area contributed by atoms with Gasteiger partial charge in [0.2, 0.25) is 5.95 Å². The molecule has 2 aromatic rings. The van der Waals surface area contributed by atoms with E-state index in [0.29, 0.717) is 5.69 Å². The van der Waals surface area contributed by atoms with E-state index in [1.165, 1.54) is 6.07 Å². The maximum absolute atomic E-state index is 13.9. The fourth-order valence-corrected chi connectivity index (χ4v) is 2.85. The lowest BCUT2D eigenvalue weighted by Crippen LogP contribution is -2.47. The van der Waals surface area contributed by atoms with Crippen molar-refractivity contribution >= 4 is 17.5 Å². The molecule has 1 saturated heterocycles. The summed E-state index contributed by atoms with van der Waals surface area (Å²) in [5, 5.41) is 3.33. The standard InChI is InChI=1S/C18H24FN5/c1-2-3-9-20-17-8-10-21-18(22-17)24-13-11-23(12-14-24)16-7-5-4-6-15(16)19/h4-8,10H,2-3,9,11-14H2,1H3,(H,20,21,22).